The maximum atomic E-state index is 12.9. The van der Waals surface area contributed by atoms with E-state index in [4.69, 9.17) is 14.7 Å². The van der Waals surface area contributed by atoms with Gasteiger partial charge in [0.25, 0.3) is 5.91 Å². The van der Waals surface area contributed by atoms with Gasteiger partial charge in [0.2, 0.25) is 0 Å². The number of carbonyl (C=O) groups is 2. The highest BCUT2D eigenvalue weighted by molar-refractivity contribution is 7.99. The zero-order valence-electron chi connectivity index (χ0n) is 16.7. The number of nitrogens with zero attached hydrogens (tertiary/aromatic N) is 2. The van der Waals surface area contributed by atoms with Crippen molar-refractivity contribution in [2.45, 2.75) is 24.7 Å². The molecule has 0 aliphatic heterocycles. The molecule has 0 saturated carbocycles. The first-order chi connectivity index (χ1) is 14.5. The van der Waals surface area contributed by atoms with Crippen molar-refractivity contribution in [3.63, 3.8) is 0 Å². The second kappa shape index (κ2) is 12.5. The molecule has 1 amide bonds. The third-order valence-electron chi connectivity index (χ3n) is 3.95. The highest BCUT2D eigenvalue weighted by Crippen LogP contribution is 2.21. The lowest BCUT2D eigenvalue weighted by Gasteiger charge is -2.22. The number of hydrogen-bond acceptors (Lipinski definition) is 6. The fourth-order valence-electron chi connectivity index (χ4n) is 2.52. The minimum absolute atomic E-state index is 0.122. The van der Waals surface area contributed by atoms with Gasteiger partial charge >= 0.3 is 5.97 Å². The summed E-state index contributed by atoms with van der Waals surface area (Å²) in [6.07, 6.45) is 0.276. The maximum Gasteiger partial charge on any atom is 0.307 e. The second-order valence-electron chi connectivity index (χ2n) is 6.09. The number of hydrogen-bond donors (Lipinski definition) is 0. The molecular weight excluding hydrogens is 407 g/mol. The van der Waals surface area contributed by atoms with Gasteiger partial charge in [0.15, 0.2) is 6.61 Å². The summed E-state index contributed by atoms with van der Waals surface area (Å²) in [4.78, 5) is 26.8. The number of thioether (sulfide) groups is 1. The fraction of sp³-hybridized carbons (Fsp3) is 0.318. The van der Waals surface area contributed by atoms with Crippen molar-refractivity contribution >= 4 is 29.3 Å². The van der Waals surface area contributed by atoms with Crippen molar-refractivity contribution in [2.75, 3.05) is 30.4 Å². The Bertz CT molecular complexity index is 866. The Hall–Kier alpha value is -3.05. The molecule has 0 radical (unpaired) electrons. The predicted octanol–water partition coefficient (Wildman–Crippen LogP) is 4.20. The van der Waals surface area contributed by atoms with Crippen molar-refractivity contribution < 1.29 is 23.5 Å². The van der Waals surface area contributed by atoms with Crippen molar-refractivity contribution in [3.05, 3.63) is 54.3 Å². The molecule has 2 aromatic carbocycles. The minimum Gasteiger partial charge on any atom is -0.494 e. The number of nitriles is 1. The van der Waals surface area contributed by atoms with Gasteiger partial charge in [-0.25, -0.2) is 4.39 Å². The summed E-state index contributed by atoms with van der Waals surface area (Å²) in [5.41, 5.74) is 0.599. The quantitative estimate of drug-likeness (QED) is 0.393. The molecule has 158 valence electrons. The van der Waals surface area contributed by atoms with Crippen LogP contribution < -0.4 is 9.64 Å². The van der Waals surface area contributed by atoms with Gasteiger partial charge in [-0.3, -0.25) is 9.59 Å². The molecule has 0 saturated heterocycles. The van der Waals surface area contributed by atoms with Gasteiger partial charge in [-0.1, -0.05) is 0 Å². The monoisotopic (exact) mass is 430 g/mol. The van der Waals surface area contributed by atoms with Crippen LogP contribution in [0, 0.1) is 17.1 Å². The average Bonchev–Trinajstić information content (AvgIpc) is 2.75. The Kier molecular flexibility index (Phi) is 9.68. The van der Waals surface area contributed by atoms with Gasteiger partial charge in [-0.15, -0.1) is 11.8 Å². The number of ether oxygens (including phenoxy) is 2. The second-order valence-corrected chi connectivity index (χ2v) is 7.26. The summed E-state index contributed by atoms with van der Waals surface area (Å²) in [5, 5.41) is 8.87. The van der Waals surface area contributed by atoms with Crippen molar-refractivity contribution in [3.8, 4) is 11.8 Å². The molecule has 0 aliphatic carbocycles. The summed E-state index contributed by atoms with van der Waals surface area (Å²) >= 11 is 1.40. The molecule has 0 unspecified atom stereocenters. The molecule has 0 atom stereocenters. The van der Waals surface area contributed by atoms with Crippen LogP contribution in [0.4, 0.5) is 10.1 Å². The average molecular weight is 431 g/mol. The topological polar surface area (TPSA) is 79.6 Å². The van der Waals surface area contributed by atoms with Gasteiger partial charge in [-0.05, 0) is 55.5 Å². The lowest BCUT2D eigenvalue weighted by molar-refractivity contribution is -0.147. The van der Waals surface area contributed by atoms with E-state index in [2.05, 4.69) is 0 Å². The summed E-state index contributed by atoms with van der Waals surface area (Å²) in [6, 6.07) is 14.9. The molecule has 6 nitrogen and oxygen atoms in total. The van der Waals surface area contributed by atoms with E-state index in [0.29, 0.717) is 23.8 Å². The number of anilines is 1. The smallest absolute Gasteiger partial charge is 0.307 e. The maximum absolute atomic E-state index is 12.9. The molecule has 0 fully saturated rings. The molecule has 0 heterocycles. The van der Waals surface area contributed by atoms with Crippen LogP contribution in [0.25, 0.3) is 0 Å². The molecule has 0 N–H and O–H groups in total. The Labute approximate surface area is 179 Å². The molecule has 0 aromatic heterocycles. The number of rotatable bonds is 11. The van der Waals surface area contributed by atoms with Gasteiger partial charge in [0.05, 0.1) is 25.5 Å². The first-order valence-electron chi connectivity index (χ1n) is 9.47. The number of benzene rings is 2. The van der Waals surface area contributed by atoms with E-state index in [1.165, 1.54) is 28.8 Å². The van der Waals surface area contributed by atoms with Gasteiger partial charge < -0.3 is 14.4 Å². The molecular formula is C22H23FN2O4S. The summed E-state index contributed by atoms with van der Waals surface area (Å²) in [7, 11) is 0. The standard InChI is InChI=1S/C22H23FN2O4S/c1-2-28-19-8-6-18(7-9-19)25(14-3-13-24)21(26)16-29-22(27)12-15-30-20-10-4-17(23)5-11-20/h4-11H,2-3,12,14-16H2,1H3. The number of carbonyl (C=O) groups excluding carboxylic acids is 2. The van der Waals surface area contributed by atoms with Crippen LogP contribution in [0.1, 0.15) is 19.8 Å². The summed E-state index contributed by atoms with van der Waals surface area (Å²) in [6.45, 7) is 2.20. The van der Waals surface area contributed by atoms with Crippen LogP contribution in [0.15, 0.2) is 53.4 Å². The molecule has 2 rings (SSSR count). The lowest BCUT2D eigenvalue weighted by atomic mass is 10.2. The number of halogens is 1. The molecule has 30 heavy (non-hydrogen) atoms. The Morgan fingerprint density at radius 1 is 1.13 bits per heavy atom. The Morgan fingerprint density at radius 3 is 2.47 bits per heavy atom. The van der Waals surface area contributed by atoms with Gasteiger partial charge in [-0.2, -0.15) is 5.26 Å². The van der Waals surface area contributed by atoms with Gasteiger partial charge in [0.1, 0.15) is 11.6 Å². The third-order valence-corrected chi connectivity index (χ3v) is 4.97. The first kappa shape index (κ1) is 23.2. The Morgan fingerprint density at radius 2 is 1.83 bits per heavy atom. The summed E-state index contributed by atoms with van der Waals surface area (Å²) < 4.78 is 23.4. The molecule has 0 bridgehead atoms. The first-order valence-corrected chi connectivity index (χ1v) is 10.5. The molecule has 8 heteroatoms. The van der Waals surface area contributed by atoms with E-state index in [9.17, 15) is 14.0 Å². The van der Waals surface area contributed by atoms with Crippen LogP contribution in [0.3, 0.4) is 0 Å². The van der Waals surface area contributed by atoms with E-state index in [1.807, 2.05) is 13.0 Å². The summed E-state index contributed by atoms with van der Waals surface area (Å²) in [5.74, 6) is -0.0843. The number of esters is 1. The van der Waals surface area contributed by atoms with Crippen molar-refractivity contribution in [2.24, 2.45) is 0 Å². The Balaban J connectivity index is 1.84. The molecule has 2 aromatic rings. The third kappa shape index (κ3) is 7.76. The van der Waals surface area contributed by atoms with Crippen molar-refractivity contribution in [1.29, 1.82) is 5.26 Å². The van der Waals surface area contributed by atoms with Crippen LogP contribution in [0.2, 0.25) is 0 Å². The van der Waals surface area contributed by atoms with E-state index < -0.39 is 18.5 Å². The largest absolute Gasteiger partial charge is 0.494 e. The zero-order valence-corrected chi connectivity index (χ0v) is 17.5. The van der Waals surface area contributed by atoms with Crippen molar-refractivity contribution in [1.82, 2.24) is 0 Å². The molecule has 0 aliphatic rings. The fourth-order valence-corrected chi connectivity index (χ4v) is 3.36. The zero-order chi connectivity index (χ0) is 21.8. The van der Waals surface area contributed by atoms with Crippen LogP contribution in [-0.4, -0.2) is 37.4 Å². The SMILES string of the molecule is CCOc1ccc(N(CCC#N)C(=O)COC(=O)CCSc2ccc(F)cc2)cc1. The number of amides is 1. The van der Waals surface area contributed by atoms with E-state index in [1.54, 1.807) is 36.4 Å². The van der Waals surface area contributed by atoms with E-state index in [0.717, 1.165) is 4.90 Å². The lowest BCUT2D eigenvalue weighted by Crippen LogP contribution is -2.35. The van der Waals surface area contributed by atoms with Crippen LogP contribution in [-0.2, 0) is 14.3 Å². The van der Waals surface area contributed by atoms with E-state index in [-0.39, 0.29) is 25.2 Å². The van der Waals surface area contributed by atoms with E-state index >= 15 is 0 Å². The highest BCUT2D eigenvalue weighted by Gasteiger charge is 2.17. The van der Waals surface area contributed by atoms with Gasteiger partial charge in [0, 0.05) is 22.9 Å². The predicted molar refractivity (Wildman–Crippen MR) is 113 cm³/mol. The van der Waals surface area contributed by atoms with Crippen LogP contribution >= 0.6 is 11.8 Å². The molecule has 0 spiro atoms. The van der Waals surface area contributed by atoms with Crippen LogP contribution in [0.5, 0.6) is 5.75 Å². The normalized spacial score (nSPS) is 10.2. The highest BCUT2D eigenvalue weighted by atomic mass is 32.2. The minimum atomic E-state index is -0.495.